The molecule has 1 aromatic carbocycles. The number of nitrogens with one attached hydrogen (secondary N) is 1. The maximum Gasteiger partial charge on any atom is 0.203 e. The zero-order chi connectivity index (χ0) is 20.3. The molecule has 0 bridgehead atoms. The Labute approximate surface area is 168 Å². The first-order valence-corrected chi connectivity index (χ1v) is 10.7. The van der Waals surface area contributed by atoms with E-state index in [0.29, 0.717) is 4.47 Å². The van der Waals surface area contributed by atoms with Crippen molar-refractivity contribution < 1.29 is 4.21 Å². The lowest BCUT2D eigenvalue weighted by atomic mass is 10.1. The molecule has 144 valence electrons. The highest BCUT2D eigenvalue weighted by Gasteiger charge is 2.06. The van der Waals surface area contributed by atoms with Crippen molar-refractivity contribution in [3.05, 3.63) is 68.1 Å². The van der Waals surface area contributed by atoms with Gasteiger partial charge in [-0.2, -0.15) is 0 Å². The number of rotatable bonds is 3. The zero-order valence-electron chi connectivity index (χ0n) is 16.7. The van der Waals surface area contributed by atoms with Crippen LogP contribution in [0.3, 0.4) is 0 Å². The summed E-state index contributed by atoms with van der Waals surface area (Å²) < 4.78 is 12.0. The summed E-state index contributed by atoms with van der Waals surface area (Å²) in [6, 6.07) is 9.55. The van der Waals surface area contributed by atoms with Crippen molar-refractivity contribution in [1.82, 2.24) is 4.98 Å². The second kappa shape index (κ2) is 12.8. The summed E-state index contributed by atoms with van der Waals surface area (Å²) in [5, 5.41) is 0.206. The standard InChI is InChI=1S/C10H12BrNO.C9H12OS.C2H6/c1-6(2)4-8-7(3)12-5-9(11)10(8)13;1-8(2)11(10)9-6-4-3-5-7-9;1-2/h4-5H,1-3H3,(H,12,13);3-8H,1-2H3;1-2H3. The topological polar surface area (TPSA) is 49.9 Å². The lowest BCUT2D eigenvalue weighted by Gasteiger charge is -2.03. The minimum absolute atomic E-state index is 0.0393. The maximum absolute atomic E-state index is 11.6. The van der Waals surface area contributed by atoms with Crippen molar-refractivity contribution >= 4 is 32.8 Å². The molecular formula is C21H30BrNO2S. The van der Waals surface area contributed by atoms with E-state index in [1.165, 1.54) is 0 Å². The number of hydrogen-bond acceptors (Lipinski definition) is 2. The lowest BCUT2D eigenvalue weighted by molar-refractivity contribution is 0.677. The van der Waals surface area contributed by atoms with E-state index in [1.807, 2.05) is 84.9 Å². The van der Waals surface area contributed by atoms with E-state index in [-0.39, 0.29) is 10.7 Å². The first-order valence-electron chi connectivity index (χ1n) is 8.72. The average molecular weight is 440 g/mol. The van der Waals surface area contributed by atoms with Gasteiger partial charge in [0.1, 0.15) is 0 Å². The summed E-state index contributed by atoms with van der Waals surface area (Å²) in [5.41, 5.74) is 2.79. The summed E-state index contributed by atoms with van der Waals surface area (Å²) in [6.45, 7) is 13.8. The molecule has 1 unspecified atom stereocenters. The first-order chi connectivity index (χ1) is 12.2. The minimum atomic E-state index is -0.835. The predicted molar refractivity (Wildman–Crippen MR) is 118 cm³/mol. The largest absolute Gasteiger partial charge is 0.363 e. The third-order valence-electron chi connectivity index (χ3n) is 3.12. The van der Waals surface area contributed by atoms with Gasteiger partial charge in [0.15, 0.2) is 0 Å². The summed E-state index contributed by atoms with van der Waals surface area (Å²) in [4.78, 5) is 15.6. The lowest BCUT2D eigenvalue weighted by Crippen LogP contribution is -2.09. The Hall–Kier alpha value is -1.46. The van der Waals surface area contributed by atoms with Crippen molar-refractivity contribution in [2.75, 3.05) is 0 Å². The smallest absolute Gasteiger partial charge is 0.203 e. The molecule has 2 rings (SSSR count). The zero-order valence-corrected chi connectivity index (χ0v) is 19.1. The number of halogens is 1. The van der Waals surface area contributed by atoms with Gasteiger partial charge in [0.25, 0.3) is 0 Å². The van der Waals surface area contributed by atoms with Gasteiger partial charge >= 0.3 is 0 Å². The van der Waals surface area contributed by atoms with Crippen LogP contribution in [0, 0.1) is 6.92 Å². The number of aromatic nitrogens is 1. The van der Waals surface area contributed by atoms with Crippen LogP contribution in [0.4, 0.5) is 0 Å². The number of aryl methyl sites for hydroxylation is 1. The van der Waals surface area contributed by atoms with Crippen LogP contribution in [-0.2, 0) is 10.8 Å². The SMILES string of the molecule is CC.CC(C)=Cc1c(C)[nH]cc(Br)c1=O.CC(C)S(=O)c1ccccc1. The van der Waals surface area contributed by atoms with Crippen LogP contribution in [0.15, 0.2) is 56.3 Å². The van der Waals surface area contributed by atoms with E-state index in [2.05, 4.69) is 20.9 Å². The fourth-order valence-corrected chi connectivity index (χ4v) is 3.20. The number of benzene rings is 1. The third-order valence-corrected chi connectivity index (χ3v) is 5.30. The van der Waals surface area contributed by atoms with Crippen LogP contribution in [0.2, 0.25) is 0 Å². The molecule has 0 saturated carbocycles. The van der Waals surface area contributed by atoms with Crippen LogP contribution < -0.4 is 5.43 Å². The predicted octanol–water partition coefficient (Wildman–Crippen LogP) is 6.10. The Morgan fingerprint density at radius 1 is 1.15 bits per heavy atom. The van der Waals surface area contributed by atoms with E-state index in [1.54, 1.807) is 6.20 Å². The van der Waals surface area contributed by atoms with Crippen LogP contribution in [0.25, 0.3) is 6.08 Å². The average Bonchev–Trinajstić information content (AvgIpc) is 2.64. The molecule has 1 aromatic heterocycles. The van der Waals surface area contributed by atoms with Crippen molar-refractivity contribution in [2.45, 2.75) is 58.6 Å². The Morgan fingerprint density at radius 2 is 1.69 bits per heavy atom. The summed E-state index contributed by atoms with van der Waals surface area (Å²) >= 11 is 3.20. The molecule has 26 heavy (non-hydrogen) atoms. The molecule has 0 radical (unpaired) electrons. The second-order valence-electron chi connectivity index (χ2n) is 5.89. The van der Waals surface area contributed by atoms with Gasteiger partial charge in [0.2, 0.25) is 5.43 Å². The molecule has 0 saturated heterocycles. The summed E-state index contributed by atoms with van der Waals surface area (Å²) in [5.74, 6) is 0. The summed E-state index contributed by atoms with van der Waals surface area (Å²) in [7, 11) is -0.835. The highest BCUT2D eigenvalue weighted by molar-refractivity contribution is 9.10. The Bertz CT molecular complexity index is 776. The van der Waals surface area contributed by atoms with Crippen molar-refractivity contribution in [1.29, 1.82) is 0 Å². The second-order valence-corrected chi connectivity index (χ2v) is 8.75. The molecule has 0 aliphatic rings. The van der Waals surface area contributed by atoms with Crippen LogP contribution in [0.1, 0.15) is 52.8 Å². The molecule has 0 spiro atoms. The van der Waals surface area contributed by atoms with Gasteiger partial charge in [-0.25, -0.2) is 0 Å². The summed E-state index contributed by atoms with van der Waals surface area (Å²) in [6.07, 6.45) is 3.55. The van der Waals surface area contributed by atoms with Crippen molar-refractivity contribution in [3.63, 3.8) is 0 Å². The van der Waals surface area contributed by atoms with Crippen LogP contribution in [0.5, 0.6) is 0 Å². The van der Waals surface area contributed by atoms with E-state index in [9.17, 15) is 9.00 Å². The highest BCUT2D eigenvalue weighted by atomic mass is 79.9. The van der Waals surface area contributed by atoms with Crippen molar-refractivity contribution in [3.8, 4) is 0 Å². The maximum atomic E-state index is 11.6. The Kier molecular flexibility index (Phi) is 12.1. The van der Waals surface area contributed by atoms with Gasteiger partial charge in [-0.1, -0.05) is 57.5 Å². The molecule has 1 heterocycles. The minimum Gasteiger partial charge on any atom is -0.363 e. The van der Waals surface area contributed by atoms with E-state index in [4.69, 9.17) is 0 Å². The molecule has 0 fully saturated rings. The van der Waals surface area contributed by atoms with Gasteiger partial charge in [-0.15, -0.1) is 0 Å². The van der Waals surface area contributed by atoms with Crippen LogP contribution in [-0.4, -0.2) is 14.4 Å². The fourth-order valence-electron chi connectivity index (χ4n) is 1.90. The molecule has 2 aromatic rings. The molecule has 1 atom stereocenters. The van der Waals surface area contributed by atoms with Crippen LogP contribution >= 0.6 is 15.9 Å². The van der Waals surface area contributed by atoms with Gasteiger partial charge in [-0.05, 0) is 48.8 Å². The van der Waals surface area contributed by atoms with Crippen molar-refractivity contribution in [2.24, 2.45) is 0 Å². The van der Waals surface area contributed by atoms with Gasteiger partial charge in [0, 0.05) is 27.6 Å². The molecule has 3 nitrogen and oxygen atoms in total. The number of aromatic amines is 1. The number of hydrogen-bond donors (Lipinski definition) is 1. The van der Waals surface area contributed by atoms with E-state index >= 15 is 0 Å². The Balaban J connectivity index is 0.000000444. The quantitative estimate of drug-likeness (QED) is 0.627. The number of H-pyrrole nitrogens is 1. The number of allylic oxidation sites excluding steroid dienone is 1. The van der Waals surface area contributed by atoms with Gasteiger partial charge in [0.05, 0.1) is 15.3 Å². The third kappa shape index (κ3) is 8.28. The molecule has 1 N–H and O–H groups in total. The highest BCUT2D eigenvalue weighted by Crippen LogP contribution is 2.10. The monoisotopic (exact) mass is 439 g/mol. The van der Waals surface area contributed by atoms with E-state index < -0.39 is 10.8 Å². The molecule has 5 heteroatoms. The van der Waals surface area contributed by atoms with Gasteiger partial charge in [-0.3, -0.25) is 9.00 Å². The molecular weight excluding hydrogens is 410 g/mol. The molecule has 0 aliphatic carbocycles. The molecule has 0 amide bonds. The number of pyridine rings is 1. The fraction of sp³-hybridized carbons (Fsp3) is 0.381. The molecule has 0 aliphatic heterocycles. The Morgan fingerprint density at radius 3 is 2.15 bits per heavy atom. The van der Waals surface area contributed by atoms with Gasteiger partial charge < -0.3 is 4.98 Å². The first kappa shape index (κ1) is 24.5. The van der Waals surface area contributed by atoms with E-state index in [0.717, 1.165) is 21.7 Å². The normalized spacial score (nSPS) is 10.8.